The maximum Gasteiger partial charge on any atom is 0.409 e. The fourth-order valence-corrected chi connectivity index (χ4v) is 3.09. The molecule has 1 aliphatic rings. The summed E-state index contributed by atoms with van der Waals surface area (Å²) in [4.78, 5) is 32.6. The van der Waals surface area contributed by atoms with E-state index in [1.165, 1.54) is 0 Å². The van der Waals surface area contributed by atoms with Gasteiger partial charge in [0.1, 0.15) is 11.6 Å². The molecule has 2 amide bonds. The Balaban J connectivity index is 1.59. The molecule has 1 aromatic carbocycles. The lowest BCUT2D eigenvalue weighted by atomic mass is 10.2. The van der Waals surface area contributed by atoms with Gasteiger partial charge in [-0.1, -0.05) is 12.1 Å². The molecule has 0 atom stereocenters. The topological polar surface area (TPSA) is 84.0 Å². The van der Waals surface area contributed by atoms with Crippen LogP contribution < -0.4 is 15.0 Å². The Kier molecular flexibility index (Phi) is 6.89. The number of piperazine rings is 1. The average Bonchev–Trinajstić information content (AvgIpc) is 2.76. The summed E-state index contributed by atoms with van der Waals surface area (Å²) in [6.07, 6.45) is 1.28. The standard InChI is InChI=1S/C21H26N4O4/c1-3-28-18-8-6-5-7-17(18)23-20(26)16-9-10-19(22-15-16)24-11-13-25(14-12-24)21(27)29-4-2/h5-10,15H,3-4,11-14H2,1-2H3,(H,23,26). The number of carbonyl (C=O) groups excluding carboxylic acids is 2. The van der Waals surface area contributed by atoms with Gasteiger partial charge in [-0.3, -0.25) is 4.79 Å². The molecule has 2 aromatic rings. The highest BCUT2D eigenvalue weighted by Crippen LogP contribution is 2.24. The minimum atomic E-state index is -0.278. The van der Waals surface area contributed by atoms with E-state index in [2.05, 4.69) is 15.2 Å². The third-order valence-electron chi connectivity index (χ3n) is 4.57. The van der Waals surface area contributed by atoms with E-state index in [0.29, 0.717) is 56.4 Å². The lowest BCUT2D eigenvalue weighted by Gasteiger charge is -2.34. The van der Waals surface area contributed by atoms with Gasteiger partial charge in [-0.15, -0.1) is 0 Å². The number of ether oxygens (including phenoxy) is 2. The number of carbonyl (C=O) groups is 2. The van der Waals surface area contributed by atoms with Crippen molar-refractivity contribution in [1.82, 2.24) is 9.88 Å². The number of nitrogens with one attached hydrogen (secondary N) is 1. The van der Waals surface area contributed by atoms with Crippen LogP contribution in [0.3, 0.4) is 0 Å². The summed E-state index contributed by atoms with van der Waals surface area (Å²) in [5, 5.41) is 2.87. The van der Waals surface area contributed by atoms with Gasteiger partial charge in [-0.25, -0.2) is 9.78 Å². The number of amides is 2. The molecule has 154 valence electrons. The number of para-hydroxylation sites is 2. The molecule has 0 saturated carbocycles. The maximum absolute atomic E-state index is 12.6. The van der Waals surface area contributed by atoms with Crippen LogP contribution in [0.25, 0.3) is 0 Å². The van der Waals surface area contributed by atoms with Crippen LogP contribution in [-0.4, -0.2) is 61.3 Å². The van der Waals surface area contributed by atoms with Gasteiger partial charge in [0.25, 0.3) is 5.91 Å². The van der Waals surface area contributed by atoms with E-state index in [-0.39, 0.29) is 12.0 Å². The van der Waals surface area contributed by atoms with Gasteiger partial charge in [0, 0.05) is 32.4 Å². The van der Waals surface area contributed by atoms with Gasteiger partial charge in [0.2, 0.25) is 0 Å². The molecule has 0 spiro atoms. The Labute approximate surface area is 170 Å². The van der Waals surface area contributed by atoms with Crippen LogP contribution in [0.4, 0.5) is 16.3 Å². The second kappa shape index (κ2) is 9.77. The zero-order chi connectivity index (χ0) is 20.6. The smallest absolute Gasteiger partial charge is 0.409 e. The first-order valence-electron chi connectivity index (χ1n) is 9.78. The van der Waals surface area contributed by atoms with Gasteiger partial charge in [-0.05, 0) is 38.1 Å². The van der Waals surface area contributed by atoms with Crippen molar-refractivity contribution in [2.24, 2.45) is 0 Å². The molecule has 1 saturated heterocycles. The summed E-state index contributed by atoms with van der Waals surface area (Å²) in [6.45, 7) is 7.08. The highest BCUT2D eigenvalue weighted by molar-refractivity contribution is 6.04. The molecule has 1 N–H and O–H groups in total. The van der Waals surface area contributed by atoms with Crippen molar-refractivity contribution in [2.45, 2.75) is 13.8 Å². The predicted octanol–water partition coefficient (Wildman–Crippen LogP) is 3.01. The molecule has 29 heavy (non-hydrogen) atoms. The zero-order valence-corrected chi connectivity index (χ0v) is 16.8. The summed E-state index contributed by atoms with van der Waals surface area (Å²) in [5.74, 6) is 1.16. The number of anilines is 2. The molecule has 0 bridgehead atoms. The van der Waals surface area contributed by atoms with Crippen molar-refractivity contribution in [2.75, 3.05) is 49.6 Å². The molecule has 8 heteroatoms. The van der Waals surface area contributed by atoms with E-state index in [9.17, 15) is 9.59 Å². The van der Waals surface area contributed by atoms with Crippen LogP contribution in [0.15, 0.2) is 42.6 Å². The van der Waals surface area contributed by atoms with Crippen LogP contribution in [0.1, 0.15) is 24.2 Å². The number of hydrogen-bond acceptors (Lipinski definition) is 6. The van der Waals surface area contributed by atoms with Crippen molar-refractivity contribution >= 4 is 23.5 Å². The lowest BCUT2D eigenvalue weighted by Crippen LogP contribution is -2.49. The average molecular weight is 398 g/mol. The second-order valence-corrected chi connectivity index (χ2v) is 6.46. The van der Waals surface area contributed by atoms with E-state index in [0.717, 1.165) is 5.82 Å². The number of nitrogens with zero attached hydrogens (tertiary/aromatic N) is 3. The monoisotopic (exact) mass is 398 g/mol. The largest absolute Gasteiger partial charge is 0.492 e. The maximum atomic E-state index is 12.6. The second-order valence-electron chi connectivity index (χ2n) is 6.46. The van der Waals surface area contributed by atoms with Gasteiger partial charge >= 0.3 is 6.09 Å². The van der Waals surface area contributed by atoms with Gasteiger partial charge in [-0.2, -0.15) is 0 Å². The van der Waals surface area contributed by atoms with Crippen LogP contribution in [0.5, 0.6) is 5.75 Å². The SMILES string of the molecule is CCOC(=O)N1CCN(c2ccc(C(=O)Nc3ccccc3OCC)cn2)CC1. The van der Waals surface area contributed by atoms with Crippen molar-refractivity contribution < 1.29 is 19.1 Å². The number of hydrogen-bond donors (Lipinski definition) is 1. The Morgan fingerprint density at radius 1 is 1.03 bits per heavy atom. The summed E-state index contributed by atoms with van der Waals surface area (Å²) >= 11 is 0. The Morgan fingerprint density at radius 3 is 2.45 bits per heavy atom. The Hall–Kier alpha value is -3.29. The van der Waals surface area contributed by atoms with Crippen LogP contribution >= 0.6 is 0 Å². The summed E-state index contributed by atoms with van der Waals surface area (Å²) in [7, 11) is 0. The molecule has 2 heterocycles. The Morgan fingerprint density at radius 2 is 1.79 bits per heavy atom. The summed E-state index contributed by atoms with van der Waals surface area (Å²) in [6, 6.07) is 10.9. The fourth-order valence-electron chi connectivity index (χ4n) is 3.09. The van der Waals surface area contributed by atoms with Gasteiger partial charge < -0.3 is 24.6 Å². The highest BCUT2D eigenvalue weighted by Gasteiger charge is 2.22. The molecule has 0 unspecified atom stereocenters. The van der Waals surface area contributed by atoms with E-state index >= 15 is 0 Å². The van der Waals surface area contributed by atoms with Gasteiger partial charge in [0.05, 0.1) is 24.5 Å². The van der Waals surface area contributed by atoms with Crippen LogP contribution in [-0.2, 0) is 4.74 Å². The number of rotatable bonds is 6. The third-order valence-corrected chi connectivity index (χ3v) is 4.57. The molecule has 8 nitrogen and oxygen atoms in total. The summed E-state index contributed by atoms with van der Waals surface area (Å²) < 4.78 is 10.6. The van der Waals surface area contributed by atoms with Crippen LogP contribution in [0.2, 0.25) is 0 Å². The first kappa shape index (κ1) is 20.4. The fraction of sp³-hybridized carbons (Fsp3) is 0.381. The molecule has 1 fully saturated rings. The molecule has 0 radical (unpaired) electrons. The van der Waals surface area contributed by atoms with Crippen molar-refractivity contribution in [3.63, 3.8) is 0 Å². The number of aromatic nitrogens is 1. The van der Waals surface area contributed by atoms with E-state index in [1.54, 1.807) is 30.2 Å². The molecular formula is C21H26N4O4. The summed E-state index contributed by atoms with van der Waals surface area (Å²) in [5.41, 5.74) is 1.09. The molecule has 1 aliphatic heterocycles. The molecule has 3 rings (SSSR count). The molecule has 0 aliphatic carbocycles. The van der Waals surface area contributed by atoms with Crippen molar-refractivity contribution in [3.8, 4) is 5.75 Å². The minimum Gasteiger partial charge on any atom is -0.492 e. The van der Waals surface area contributed by atoms with E-state index in [1.807, 2.05) is 31.2 Å². The van der Waals surface area contributed by atoms with E-state index < -0.39 is 0 Å². The lowest BCUT2D eigenvalue weighted by molar-refractivity contribution is 0.102. The first-order valence-corrected chi connectivity index (χ1v) is 9.78. The quantitative estimate of drug-likeness (QED) is 0.805. The number of benzene rings is 1. The highest BCUT2D eigenvalue weighted by atomic mass is 16.6. The normalized spacial score (nSPS) is 13.7. The van der Waals surface area contributed by atoms with E-state index in [4.69, 9.17) is 9.47 Å². The molecular weight excluding hydrogens is 372 g/mol. The Bertz CT molecular complexity index is 833. The third kappa shape index (κ3) is 5.16. The molecule has 1 aromatic heterocycles. The number of pyridine rings is 1. The van der Waals surface area contributed by atoms with Crippen molar-refractivity contribution in [3.05, 3.63) is 48.2 Å². The predicted molar refractivity (Wildman–Crippen MR) is 111 cm³/mol. The zero-order valence-electron chi connectivity index (χ0n) is 16.8. The first-order chi connectivity index (χ1) is 14.1. The van der Waals surface area contributed by atoms with Crippen LogP contribution in [0, 0.1) is 0 Å². The minimum absolute atomic E-state index is 0.247. The van der Waals surface area contributed by atoms with Gasteiger partial charge in [0.15, 0.2) is 0 Å². The van der Waals surface area contributed by atoms with Crippen molar-refractivity contribution in [1.29, 1.82) is 0 Å².